The number of para-hydroxylation sites is 2. The fraction of sp³-hybridized carbons (Fsp3) is 0.133. The van der Waals surface area contributed by atoms with Gasteiger partial charge in [0.05, 0.1) is 11.4 Å². The van der Waals surface area contributed by atoms with Crippen LogP contribution in [0.4, 0.5) is 10.1 Å². The molecule has 0 aliphatic heterocycles. The topological polar surface area (TPSA) is 55.6 Å². The molecule has 0 radical (unpaired) electrons. The highest BCUT2D eigenvalue weighted by molar-refractivity contribution is 5.60. The van der Waals surface area contributed by atoms with Gasteiger partial charge in [0.15, 0.2) is 0 Å². The zero-order valence-corrected chi connectivity index (χ0v) is 11.5. The summed E-state index contributed by atoms with van der Waals surface area (Å²) < 4.78 is 14.9. The number of aromatic nitrogens is 4. The van der Waals surface area contributed by atoms with Crippen LogP contribution in [0, 0.1) is 12.7 Å². The van der Waals surface area contributed by atoms with Crippen molar-refractivity contribution >= 4 is 5.69 Å². The lowest BCUT2D eigenvalue weighted by molar-refractivity contribution is 0.625. The minimum atomic E-state index is -0.230. The molecular formula is C15H14FN5. The Morgan fingerprint density at radius 3 is 2.86 bits per heavy atom. The molecule has 0 unspecified atom stereocenters. The van der Waals surface area contributed by atoms with Gasteiger partial charge in [-0.15, -0.1) is 5.10 Å². The fourth-order valence-corrected chi connectivity index (χ4v) is 2.12. The minimum absolute atomic E-state index is 0.230. The molecule has 3 aromatic rings. The fourth-order valence-electron chi connectivity index (χ4n) is 2.12. The highest BCUT2D eigenvalue weighted by atomic mass is 19.1. The minimum Gasteiger partial charge on any atom is -0.379 e. The van der Waals surface area contributed by atoms with Gasteiger partial charge < -0.3 is 5.32 Å². The van der Waals surface area contributed by atoms with Gasteiger partial charge in [-0.2, -0.15) is 4.68 Å². The van der Waals surface area contributed by atoms with Crippen LogP contribution in [0.5, 0.6) is 0 Å². The standard InChI is InChI=1S/C15H14FN5/c1-11-6-7-13(16)8-12(11)9-17-14-4-2-3-5-15(14)21-10-18-19-20-21/h2-8,10,17H,9H2,1H3. The predicted octanol–water partition coefficient (Wildman–Crippen LogP) is 2.72. The molecular weight excluding hydrogens is 269 g/mol. The molecule has 21 heavy (non-hydrogen) atoms. The highest BCUT2D eigenvalue weighted by Crippen LogP contribution is 2.20. The van der Waals surface area contributed by atoms with Crippen LogP contribution in [-0.2, 0) is 6.54 Å². The molecule has 3 rings (SSSR count). The summed E-state index contributed by atoms with van der Waals surface area (Å²) in [5.41, 5.74) is 3.69. The van der Waals surface area contributed by atoms with Crippen LogP contribution in [0.25, 0.3) is 5.69 Å². The number of tetrazole rings is 1. The second-order valence-corrected chi connectivity index (χ2v) is 4.70. The number of rotatable bonds is 4. The lowest BCUT2D eigenvalue weighted by Gasteiger charge is -2.12. The van der Waals surface area contributed by atoms with E-state index in [9.17, 15) is 4.39 Å². The average Bonchev–Trinajstić information content (AvgIpc) is 3.03. The average molecular weight is 283 g/mol. The van der Waals surface area contributed by atoms with E-state index < -0.39 is 0 Å². The van der Waals surface area contributed by atoms with Gasteiger partial charge in [-0.05, 0) is 52.7 Å². The van der Waals surface area contributed by atoms with E-state index in [4.69, 9.17) is 0 Å². The van der Waals surface area contributed by atoms with E-state index in [0.717, 1.165) is 22.5 Å². The molecule has 0 fully saturated rings. The number of nitrogens with one attached hydrogen (secondary N) is 1. The summed E-state index contributed by atoms with van der Waals surface area (Å²) in [4.78, 5) is 0. The van der Waals surface area contributed by atoms with E-state index >= 15 is 0 Å². The van der Waals surface area contributed by atoms with Gasteiger partial charge >= 0.3 is 0 Å². The molecule has 5 nitrogen and oxygen atoms in total. The molecule has 0 saturated heterocycles. The molecule has 1 N–H and O–H groups in total. The SMILES string of the molecule is Cc1ccc(F)cc1CNc1ccccc1-n1cnnn1. The molecule has 0 aliphatic rings. The number of hydrogen-bond acceptors (Lipinski definition) is 4. The van der Waals surface area contributed by atoms with Crippen LogP contribution in [0.1, 0.15) is 11.1 Å². The van der Waals surface area contributed by atoms with Gasteiger partial charge in [0.1, 0.15) is 12.1 Å². The number of benzene rings is 2. The lowest BCUT2D eigenvalue weighted by atomic mass is 10.1. The maximum atomic E-state index is 13.3. The molecule has 6 heteroatoms. The van der Waals surface area contributed by atoms with Crippen molar-refractivity contribution in [1.29, 1.82) is 0 Å². The Morgan fingerprint density at radius 2 is 2.05 bits per heavy atom. The van der Waals surface area contributed by atoms with Crippen LogP contribution in [0.15, 0.2) is 48.8 Å². The molecule has 2 aromatic carbocycles. The van der Waals surface area contributed by atoms with Crippen molar-refractivity contribution in [2.24, 2.45) is 0 Å². The summed E-state index contributed by atoms with van der Waals surface area (Å²) in [6.07, 6.45) is 1.54. The first-order valence-corrected chi connectivity index (χ1v) is 6.55. The van der Waals surface area contributed by atoms with E-state index in [0.29, 0.717) is 6.54 Å². The molecule has 0 saturated carbocycles. The quantitative estimate of drug-likeness (QED) is 0.800. The number of hydrogen-bond donors (Lipinski definition) is 1. The molecule has 0 bridgehead atoms. The Kier molecular flexibility index (Phi) is 3.59. The normalized spacial score (nSPS) is 10.6. The van der Waals surface area contributed by atoms with Crippen molar-refractivity contribution in [3.05, 3.63) is 65.7 Å². The highest BCUT2D eigenvalue weighted by Gasteiger charge is 2.06. The molecule has 0 amide bonds. The van der Waals surface area contributed by atoms with Crippen LogP contribution >= 0.6 is 0 Å². The Morgan fingerprint density at radius 1 is 1.19 bits per heavy atom. The summed E-state index contributed by atoms with van der Waals surface area (Å²) in [7, 11) is 0. The Bertz CT molecular complexity index is 740. The molecule has 1 aromatic heterocycles. The van der Waals surface area contributed by atoms with Crippen molar-refractivity contribution in [3.63, 3.8) is 0 Å². The zero-order chi connectivity index (χ0) is 14.7. The Balaban J connectivity index is 1.84. The van der Waals surface area contributed by atoms with Gasteiger partial charge in [-0.3, -0.25) is 0 Å². The molecule has 0 spiro atoms. The van der Waals surface area contributed by atoms with Gasteiger partial charge in [0.25, 0.3) is 0 Å². The van der Waals surface area contributed by atoms with Gasteiger partial charge in [0, 0.05) is 6.54 Å². The third kappa shape index (κ3) is 2.89. The van der Waals surface area contributed by atoms with Crippen LogP contribution < -0.4 is 5.32 Å². The second-order valence-electron chi connectivity index (χ2n) is 4.70. The third-order valence-electron chi connectivity index (χ3n) is 3.28. The van der Waals surface area contributed by atoms with Gasteiger partial charge in [-0.1, -0.05) is 18.2 Å². The molecule has 106 valence electrons. The Hall–Kier alpha value is -2.76. The van der Waals surface area contributed by atoms with Crippen LogP contribution in [-0.4, -0.2) is 20.2 Å². The number of nitrogens with zero attached hydrogens (tertiary/aromatic N) is 4. The predicted molar refractivity (Wildman–Crippen MR) is 77.6 cm³/mol. The number of anilines is 1. The van der Waals surface area contributed by atoms with E-state index in [2.05, 4.69) is 20.8 Å². The van der Waals surface area contributed by atoms with Crippen molar-refractivity contribution in [2.75, 3.05) is 5.32 Å². The van der Waals surface area contributed by atoms with Crippen LogP contribution in [0.2, 0.25) is 0 Å². The maximum absolute atomic E-state index is 13.3. The van der Waals surface area contributed by atoms with Crippen molar-refractivity contribution in [1.82, 2.24) is 20.2 Å². The summed E-state index contributed by atoms with van der Waals surface area (Å²) in [6, 6.07) is 12.5. The lowest BCUT2D eigenvalue weighted by Crippen LogP contribution is -2.06. The summed E-state index contributed by atoms with van der Waals surface area (Å²) >= 11 is 0. The first kappa shape index (κ1) is 13.2. The second kappa shape index (κ2) is 5.70. The van der Waals surface area contributed by atoms with E-state index in [1.54, 1.807) is 16.8 Å². The van der Waals surface area contributed by atoms with Gasteiger partial charge in [-0.25, -0.2) is 4.39 Å². The van der Waals surface area contributed by atoms with Crippen molar-refractivity contribution in [3.8, 4) is 5.69 Å². The zero-order valence-electron chi connectivity index (χ0n) is 11.5. The summed E-state index contributed by atoms with van der Waals surface area (Å²) in [5, 5.41) is 14.5. The van der Waals surface area contributed by atoms with E-state index in [-0.39, 0.29) is 5.82 Å². The maximum Gasteiger partial charge on any atom is 0.143 e. The first-order valence-electron chi connectivity index (χ1n) is 6.55. The largest absolute Gasteiger partial charge is 0.379 e. The van der Waals surface area contributed by atoms with Gasteiger partial charge in [0.2, 0.25) is 0 Å². The first-order chi connectivity index (χ1) is 10.2. The van der Waals surface area contributed by atoms with Crippen molar-refractivity contribution in [2.45, 2.75) is 13.5 Å². The monoisotopic (exact) mass is 283 g/mol. The van der Waals surface area contributed by atoms with E-state index in [1.807, 2.05) is 31.2 Å². The van der Waals surface area contributed by atoms with Crippen LogP contribution in [0.3, 0.4) is 0 Å². The van der Waals surface area contributed by atoms with E-state index in [1.165, 1.54) is 12.4 Å². The molecule has 1 heterocycles. The summed E-state index contributed by atoms with van der Waals surface area (Å²) in [5.74, 6) is -0.230. The summed E-state index contributed by atoms with van der Waals surface area (Å²) in [6.45, 7) is 2.49. The number of halogens is 1. The Labute approximate surface area is 121 Å². The smallest absolute Gasteiger partial charge is 0.143 e. The molecule has 0 aliphatic carbocycles. The third-order valence-corrected chi connectivity index (χ3v) is 3.28. The number of aryl methyl sites for hydroxylation is 1. The molecule has 0 atom stereocenters. The van der Waals surface area contributed by atoms with Crippen molar-refractivity contribution < 1.29 is 4.39 Å².